The molecule has 1 fully saturated rings. The van der Waals surface area contributed by atoms with Crippen LogP contribution in [0.3, 0.4) is 0 Å². The van der Waals surface area contributed by atoms with Crippen molar-refractivity contribution in [3.05, 3.63) is 60.2 Å². The number of aromatic nitrogens is 4. The summed E-state index contributed by atoms with van der Waals surface area (Å²) in [5, 5.41) is 8.08. The SMILES string of the molecule is Cn1cc(CNCc2ccc(N3CCCC3)nc2)c(-c2cccnc2)n1. The first-order valence-electron chi connectivity index (χ1n) is 9.13. The second-order valence-corrected chi connectivity index (χ2v) is 6.74. The van der Waals surface area contributed by atoms with Crippen LogP contribution in [0.5, 0.6) is 0 Å². The Hall–Kier alpha value is -2.73. The summed E-state index contributed by atoms with van der Waals surface area (Å²) in [6, 6.07) is 8.28. The maximum Gasteiger partial charge on any atom is 0.128 e. The number of hydrogen-bond donors (Lipinski definition) is 1. The van der Waals surface area contributed by atoms with Crippen molar-refractivity contribution >= 4 is 5.82 Å². The van der Waals surface area contributed by atoms with Crippen molar-refractivity contribution in [1.82, 2.24) is 25.1 Å². The molecule has 3 aromatic rings. The Bertz CT molecular complexity index is 834. The van der Waals surface area contributed by atoms with E-state index in [-0.39, 0.29) is 0 Å². The van der Waals surface area contributed by atoms with Crippen LogP contribution in [-0.2, 0) is 20.1 Å². The Labute approximate surface area is 153 Å². The third kappa shape index (κ3) is 3.75. The van der Waals surface area contributed by atoms with Gasteiger partial charge in [0.05, 0.1) is 5.69 Å². The molecule has 4 heterocycles. The van der Waals surface area contributed by atoms with E-state index in [0.29, 0.717) is 0 Å². The van der Waals surface area contributed by atoms with E-state index in [1.807, 2.05) is 36.3 Å². The molecule has 134 valence electrons. The Kier molecular flexibility index (Phi) is 4.93. The van der Waals surface area contributed by atoms with E-state index in [2.05, 4.69) is 43.6 Å². The number of anilines is 1. The van der Waals surface area contributed by atoms with Gasteiger partial charge in [0.1, 0.15) is 5.82 Å². The topological polar surface area (TPSA) is 58.9 Å². The maximum atomic E-state index is 4.62. The van der Waals surface area contributed by atoms with Crippen LogP contribution in [0.2, 0.25) is 0 Å². The van der Waals surface area contributed by atoms with Crippen LogP contribution in [0.4, 0.5) is 5.82 Å². The largest absolute Gasteiger partial charge is 0.357 e. The van der Waals surface area contributed by atoms with Gasteiger partial charge in [-0.05, 0) is 36.6 Å². The molecule has 1 aliphatic heterocycles. The summed E-state index contributed by atoms with van der Waals surface area (Å²) in [7, 11) is 1.95. The molecule has 0 aliphatic carbocycles. The fourth-order valence-electron chi connectivity index (χ4n) is 3.41. The third-order valence-electron chi connectivity index (χ3n) is 4.72. The van der Waals surface area contributed by atoms with Gasteiger partial charge in [-0.2, -0.15) is 5.10 Å². The van der Waals surface area contributed by atoms with Gasteiger partial charge in [-0.1, -0.05) is 6.07 Å². The third-order valence-corrected chi connectivity index (χ3v) is 4.72. The van der Waals surface area contributed by atoms with Crippen LogP contribution in [0, 0.1) is 0 Å². The first-order chi connectivity index (χ1) is 12.8. The highest BCUT2D eigenvalue weighted by Gasteiger charge is 2.13. The molecular formula is C20H24N6. The predicted octanol–water partition coefficient (Wildman–Crippen LogP) is 2.77. The van der Waals surface area contributed by atoms with Crippen molar-refractivity contribution in [3.8, 4) is 11.3 Å². The van der Waals surface area contributed by atoms with Crippen LogP contribution >= 0.6 is 0 Å². The van der Waals surface area contributed by atoms with E-state index in [1.165, 1.54) is 24.0 Å². The minimum Gasteiger partial charge on any atom is -0.357 e. The first kappa shape index (κ1) is 16.7. The van der Waals surface area contributed by atoms with Gasteiger partial charge in [0.25, 0.3) is 0 Å². The van der Waals surface area contributed by atoms with E-state index in [4.69, 9.17) is 0 Å². The zero-order chi connectivity index (χ0) is 17.8. The van der Waals surface area contributed by atoms with Crippen LogP contribution in [0.1, 0.15) is 24.0 Å². The second-order valence-electron chi connectivity index (χ2n) is 6.74. The first-order valence-corrected chi connectivity index (χ1v) is 9.13. The number of rotatable bonds is 6. The van der Waals surface area contributed by atoms with Crippen molar-refractivity contribution in [2.45, 2.75) is 25.9 Å². The lowest BCUT2D eigenvalue weighted by atomic mass is 10.1. The average molecular weight is 348 g/mol. The lowest BCUT2D eigenvalue weighted by molar-refractivity contribution is 0.690. The van der Waals surface area contributed by atoms with Gasteiger partial charge in [-0.15, -0.1) is 0 Å². The summed E-state index contributed by atoms with van der Waals surface area (Å²) in [5.74, 6) is 1.09. The molecule has 0 radical (unpaired) electrons. The molecule has 0 bridgehead atoms. The minimum atomic E-state index is 0.756. The van der Waals surface area contributed by atoms with Gasteiger partial charge in [0.2, 0.25) is 0 Å². The molecule has 0 saturated carbocycles. The van der Waals surface area contributed by atoms with Crippen LogP contribution in [0.25, 0.3) is 11.3 Å². The normalized spacial score (nSPS) is 14.1. The molecule has 4 rings (SSSR count). The Balaban J connectivity index is 1.38. The summed E-state index contributed by atoms with van der Waals surface area (Å²) in [6.07, 6.45) is 10.2. The molecule has 6 heteroatoms. The summed E-state index contributed by atoms with van der Waals surface area (Å²) < 4.78 is 1.85. The van der Waals surface area contributed by atoms with Gasteiger partial charge < -0.3 is 10.2 Å². The highest BCUT2D eigenvalue weighted by atomic mass is 15.3. The Morgan fingerprint density at radius 1 is 1.08 bits per heavy atom. The molecule has 0 spiro atoms. The molecule has 0 unspecified atom stereocenters. The zero-order valence-corrected chi connectivity index (χ0v) is 15.1. The minimum absolute atomic E-state index is 0.756. The smallest absolute Gasteiger partial charge is 0.128 e. The van der Waals surface area contributed by atoms with Crippen molar-refractivity contribution < 1.29 is 0 Å². The van der Waals surface area contributed by atoms with Gasteiger partial charge in [0, 0.05) is 69.1 Å². The van der Waals surface area contributed by atoms with Crippen LogP contribution in [-0.4, -0.2) is 32.8 Å². The predicted molar refractivity (Wildman–Crippen MR) is 103 cm³/mol. The summed E-state index contributed by atoms with van der Waals surface area (Å²) >= 11 is 0. The lowest BCUT2D eigenvalue weighted by Crippen LogP contribution is -2.19. The van der Waals surface area contributed by atoms with E-state index < -0.39 is 0 Å². The number of pyridine rings is 2. The van der Waals surface area contributed by atoms with Gasteiger partial charge >= 0.3 is 0 Å². The number of nitrogens with one attached hydrogen (secondary N) is 1. The average Bonchev–Trinajstić information content (AvgIpc) is 3.33. The molecule has 6 nitrogen and oxygen atoms in total. The van der Waals surface area contributed by atoms with Crippen LogP contribution in [0.15, 0.2) is 49.1 Å². The molecule has 1 N–H and O–H groups in total. The monoisotopic (exact) mass is 348 g/mol. The van der Waals surface area contributed by atoms with Crippen LogP contribution < -0.4 is 10.2 Å². The Morgan fingerprint density at radius 2 is 1.96 bits per heavy atom. The number of hydrogen-bond acceptors (Lipinski definition) is 5. The molecule has 3 aromatic heterocycles. The van der Waals surface area contributed by atoms with Gasteiger partial charge in [-0.3, -0.25) is 9.67 Å². The molecular weight excluding hydrogens is 324 g/mol. The molecule has 0 amide bonds. The van der Waals surface area contributed by atoms with Gasteiger partial charge in [-0.25, -0.2) is 4.98 Å². The van der Waals surface area contributed by atoms with Crippen molar-refractivity contribution in [2.24, 2.45) is 7.05 Å². The summed E-state index contributed by atoms with van der Waals surface area (Å²) in [5.41, 5.74) is 4.39. The molecule has 0 atom stereocenters. The van der Waals surface area contributed by atoms with Crippen molar-refractivity contribution in [2.75, 3.05) is 18.0 Å². The molecule has 1 aliphatic rings. The van der Waals surface area contributed by atoms with Crippen molar-refractivity contribution in [3.63, 3.8) is 0 Å². The second kappa shape index (κ2) is 7.66. The number of nitrogens with zero attached hydrogens (tertiary/aromatic N) is 5. The van der Waals surface area contributed by atoms with E-state index in [0.717, 1.165) is 43.3 Å². The lowest BCUT2D eigenvalue weighted by Gasteiger charge is -2.16. The standard InChI is InChI=1S/C20H24N6/c1-25-15-18(20(24-25)17-5-4-8-21-13-17)14-22-11-16-6-7-19(23-12-16)26-9-2-3-10-26/h4-8,12-13,15,22H,2-3,9-11,14H2,1H3. The fourth-order valence-corrected chi connectivity index (χ4v) is 3.41. The van der Waals surface area contributed by atoms with Crippen molar-refractivity contribution in [1.29, 1.82) is 0 Å². The summed E-state index contributed by atoms with van der Waals surface area (Å²) in [6.45, 7) is 3.80. The van der Waals surface area contributed by atoms with E-state index in [9.17, 15) is 0 Å². The molecule has 0 aromatic carbocycles. The van der Waals surface area contributed by atoms with Gasteiger partial charge in [0.15, 0.2) is 0 Å². The Morgan fingerprint density at radius 3 is 2.69 bits per heavy atom. The quantitative estimate of drug-likeness (QED) is 0.742. The van der Waals surface area contributed by atoms with E-state index in [1.54, 1.807) is 6.20 Å². The summed E-state index contributed by atoms with van der Waals surface area (Å²) in [4.78, 5) is 11.2. The highest BCUT2D eigenvalue weighted by Crippen LogP contribution is 2.21. The highest BCUT2D eigenvalue weighted by molar-refractivity contribution is 5.61. The number of aryl methyl sites for hydroxylation is 1. The fraction of sp³-hybridized carbons (Fsp3) is 0.350. The van der Waals surface area contributed by atoms with E-state index >= 15 is 0 Å². The maximum absolute atomic E-state index is 4.62. The molecule has 1 saturated heterocycles. The molecule has 26 heavy (non-hydrogen) atoms. The zero-order valence-electron chi connectivity index (χ0n) is 15.1.